The van der Waals surface area contributed by atoms with Crippen LogP contribution in [0.25, 0.3) is 0 Å². The van der Waals surface area contributed by atoms with E-state index in [1.165, 1.54) is 11.1 Å². The highest BCUT2D eigenvalue weighted by Crippen LogP contribution is 2.61. The number of hydrogen-bond donors (Lipinski definition) is 3. The van der Waals surface area contributed by atoms with E-state index in [4.69, 9.17) is 4.74 Å². The SMILES string of the molecule is C=C(C)N1CCC(C(C)(C(=O)NCC2(C)CCC2)c2ccc(NC(=O)[C@@H](NC(=O)c3ccnn3C)C3c4ccccc4OCC34CC4)cc2)CC1. The summed E-state index contributed by atoms with van der Waals surface area (Å²) in [5, 5.41) is 13.7. The number of amides is 3. The molecule has 51 heavy (non-hydrogen) atoms. The molecule has 10 heteroatoms. The van der Waals surface area contributed by atoms with E-state index in [9.17, 15) is 14.4 Å². The van der Waals surface area contributed by atoms with Gasteiger partial charge < -0.3 is 25.6 Å². The third kappa shape index (κ3) is 6.65. The minimum Gasteiger partial charge on any atom is -0.493 e. The summed E-state index contributed by atoms with van der Waals surface area (Å²) >= 11 is 0. The maximum atomic E-state index is 14.4. The highest BCUT2D eigenvalue weighted by Gasteiger charge is 2.58. The van der Waals surface area contributed by atoms with E-state index in [1.54, 1.807) is 19.3 Å². The average molecular weight is 693 g/mol. The lowest BCUT2D eigenvalue weighted by molar-refractivity contribution is -0.129. The van der Waals surface area contributed by atoms with Crippen molar-refractivity contribution in [2.45, 2.75) is 83.1 Å². The van der Waals surface area contributed by atoms with Crippen molar-refractivity contribution in [2.24, 2.45) is 23.8 Å². The van der Waals surface area contributed by atoms with Gasteiger partial charge in [-0.3, -0.25) is 19.1 Å². The summed E-state index contributed by atoms with van der Waals surface area (Å²) in [6.07, 6.45) is 8.67. The molecule has 3 amide bonds. The van der Waals surface area contributed by atoms with Crippen LogP contribution >= 0.6 is 0 Å². The van der Waals surface area contributed by atoms with E-state index in [-0.39, 0.29) is 40.4 Å². The number of nitrogens with one attached hydrogen (secondary N) is 3. The van der Waals surface area contributed by atoms with Gasteiger partial charge in [-0.25, -0.2) is 0 Å². The number of aryl methyl sites for hydroxylation is 1. The Morgan fingerprint density at radius 2 is 1.75 bits per heavy atom. The fourth-order valence-corrected chi connectivity index (χ4v) is 8.72. The Hall–Kier alpha value is -4.60. The average Bonchev–Trinajstić information content (AvgIpc) is 3.76. The first kappa shape index (κ1) is 34.8. The van der Waals surface area contributed by atoms with Crippen LogP contribution in [0.5, 0.6) is 5.75 Å². The van der Waals surface area contributed by atoms with Crippen molar-refractivity contribution in [3.63, 3.8) is 0 Å². The Balaban J connectivity index is 1.15. The molecule has 3 aromatic rings. The maximum Gasteiger partial charge on any atom is 0.270 e. The molecule has 1 aromatic heterocycles. The Labute approximate surface area is 301 Å². The standard InChI is InChI=1S/C41H52N6O4/c1-27(2)47-23-16-29(17-24-47)40(4,38(50)42-25-39(3)18-8-19-39)28-11-13-30(14-12-28)44-37(49)35(45-36(48)32-15-22-43-46(32)5)34-31-9-6-7-10-33(31)51-26-41(34)20-21-41/h6-7,9-15,22,29,34-35H,1,8,16-21,23-26H2,2-5H3,(H,42,50)(H,44,49)(H,45,48)/t34?,35-,40?/m0/s1. The number of rotatable bonds is 11. The Kier molecular flexibility index (Phi) is 9.23. The van der Waals surface area contributed by atoms with Crippen LogP contribution in [0.15, 0.2) is 73.1 Å². The summed E-state index contributed by atoms with van der Waals surface area (Å²) in [7, 11) is 1.71. The first-order valence-corrected chi connectivity index (χ1v) is 18.5. The first-order chi connectivity index (χ1) is 24.4. The van der Waals surface area contributed by atoms with Gasteiger partial charge in [-0.15, -0.1) is 0 Å². The van der Waals surface area contributed by atoms with E-state index >= 15 is 0 Å². The summed E-state index contributed by atoms with van der Waals surface area (Å²) in [6.45, 7) is 13.5. The number of benzene rings is 2. The largest absolute Gasteiger partial charge is 0.493 e. The summed E-state index contributed by atoms with van der Waals surface area (Å²) in [5.74, 6) is 0.0289. The molecular weight excluding hydrogens is 640 g/mol. The zero-order valence-electron chi connectivity index (χ0n) is 30.5. The smallest absolute Gasteiger partial charge is 0.270 e. The van der Waals surface area contributed by atoms with Crippen LogP contribution in [0, 0.1) is 16.7 Å². The molecule has 1 saturated heterocycles. The number of fused-ring (bicyclic) bond motifs is 1. The fourth-order valence-electron chi connectivity index (χ4n) is 8.72. The molecule has 7 rings (SSSR count). The lowest BCUT2D eigenvalue weighted by atomic mass is 9.66. The molecule has 2 aliphatic carbocycles. The highest BCUT2D eigenvalue weighted by molar-refractivity contribution is 6.01. The van der Waals surface area contributed by atoms with Crippen molar-refractivity contribution in [3.8, 4) is 5.75 Å². The van der Waals surface area contributed by atoms with Gasteiger partial charge in [0.05, 0.1) is 12.0 Å². The number of carbonyl (C=O) groups excluding carboxylic acids is 3. The second kappa shape index (κ2) is 13.5. The number of aromatic nitrogens is 2. The summed E-state index contributed by atoms with van der Waals surface area (Å²) < 4.78 is 7.66. The van der Waals surface area contributed by atoms with E-state index in [2.05, 4.69) is 46.4 Å². The van der Waals surface area contributed by atoms with Crippen molar-refractivity contribution in [1.29, 1.82) is 0 Å². The minimum absolute atomic E-state index is 0.0621. The second-order valence-corrected chi connectivity index (χ2v) is 16.1. The number of nitrogens with zero attached hydrogens (tertiary/aromatic N) is 3. The molecule has 10 nitrogen and oxygen atoms in total. The predicted octanol–water partition coefficient (Wildman–Crippen LogP) is 5.92. The third-order valence-corrected chi connectivity index (χ3v) is 12.6. The van der Waals surface area contributed by atoms with Gasteiger partial charge in [-0.2, -0.15) is 5.10 Å². The molecule has 0 radical (unpaired) electrons. The molecule has 0 bridgehead atoms. The Morgan fingerprint density at radius 1 is 1.04 bits per heavy atom. The quantitative estimate of drug-likeness (QED) is 0.230. The van der Waals surface area contributed by atoms with Gasteiger partial charge in [0, 0.05) is 61.2 Å². The van der Waals surface area contributed by atoms with Crippen LogP contribution in [0.2, 0.25) is 0 Å². The molecular formula is C41H52N6O4. The van der Waals surface area contributed by atoms with Gasteiger partial charge in [0.2, 0.25) is 11.8 Å². The Morgan fingerprint density at radius 3 is 2.35 bits per heavy atom. The third-order valence-electron chi connectivity index (χ3n) is 12.6. The van der Waals surface area contributed by atoms with Crippen molar-refractivity contribution < 1.29 is 19.1 Å². The van der Waals surface area contributed by atoms with E-state index in [0.29, 0.717) is 24.5 Å². The van der Waals surface area contributed by atoms with Crippen molar-refractivity contribution in [1.82, 2.24) is 25.3 Å². The van der Waals surface area contributed by atoms with Crippen molar-refractivity contribution in [3.05, 3.63) is 89.9 Å². The topological polar surface area (TPSA) is 118 Å². The number of carbonyl (C=O) groups is 3. The van der Waals surface area contributed by atoms with Crippen LogP contribution in [0.3, 0.4) is 0 Å². The molecule has 2 unspecified atom stereocenters. The zero-order valence-corrected chi connectivity index (χ0v) is 30.5. The Bertz CT molecular complexity index is 1800. The van der Waals surface area contributed by atoms with Crippen LogP contribution < -0.4 is 20.7 Å². The van der Waals surface area contributed by atoms with Crippen LogP contribution in [0.4, 0.5) is 5.69 Å². The minimum atomic E-state index is -0.859. The monoisotopic (exact) mass is 692 g/mol. The van der Waals surface area contributed by atoms with E-state index < -0.39 is 11.5 Å². The first-order valence-electron chi connectivity index (χ1n) is 18.5. The van der Waals surface area contributed by atoms with Crippen LogP contribution in [0.1, 0.15) is 93.3 Å². The number of ether oxygens (including phenoxy) is 1. The maximum absolute atomic E-state index is 14.4. The van der Waals surface area contributed by atoms with Gasteiger partial charge >= 0.3 is 0 Å². The molecule has 3 atom stereocenters. The number of piperidine rings is 1. The molecule has 2 aromatic carbocycles. The van der Waals surface area contributed by atoms with Gasteiger partial charge in [0.15, 0.2) is 0 Å². The van der Waals surface area contributed by atoms with Gasteiger partial charge in [0.25, 0.3) is 5.91 Å². The summed E-state index contributed by atoms with van der Waals surface area (Å²) in [5.41, 5.74) is 3.10. The number of para-hydroxylation sites is 1. The number of allylic oxidation sites excluding steroid dienone is 1. The number of anilines is 1. The summed E-state index contributed by atoms with van der Waals surface area (Å²) in [6, 6.07) is 16.4. The lowest BCUT2D eigenvalue weighted by Crippen LogP contribution is -2.53. The predicted molar refractivity (Wildman–Crippen MR) is 197 cm³/mol. The van der Waals surface area contributed by atoms with Crippen LogP contribution in [-0.4, -0.2) is 64.7 Å². The van der Waals surface area contributed by atoms with Crippen molar-refractivity contribution in [2.75, 3.05) is 31.6 Å². The van der Waals surface area contributed by atoms with Gasteiger partial charge in [-0.05, 0) is 93.5 Å². The normalized spacial score (nSPS) is 22.0. The van der Waals surface area contributed by atoms with Crippen LogP contribution in [-0.2, 0) is 22.1 Å². The lowest BCUT2D eigenvalue weighted by Gasteiger charge is -2.44. The molecule has 1 spiro atoms. The van der Waals surface area contributed by atoms with Gasteiger partial charge in [-0.1, -0.05) is 50.3 Å². The molecule has 270 valence electrons. The highest BCUT2D eigenvalue weighted by atomic mass is 16.5. The summed E-state index contributed by atoms with van der Waals surface area (Å²) in [4.78, 5) is 44.5. The molecule has 2 aliphatic heterocycles. The van der Waals surface area contributed by atoms with E-state index in [1.807, 2.05) is 55.5 Å². The number of likely N-dealkylation sites (tertiary alicyclic amines) is 1. The molecule has 3 fully saturated rings. The zero-order chi connectivity index (χ0) is 36.0. The molecule has 3 N–H and O–H groups in total. The molecule has 4 aliphatic rings. The fraction of sp³-hybridized carbons (Fsp3) is 0.512. The number of hydrogen-bond acceptors (Lipinski definition) is 6. The molecule has 2 saturated carbocycles. The van der Waals surface area contributed by atoms with E-state index in [0.717, 1.165) is 74.2 Å². The van der Waals surface area contributed by atoms with Gasteiger partial charge in [0.1, 0.15) is 17.5 Å². The molecule has 3 heterocycles. The van der Waals surface area contributed by atoms with Crippen molar-refractivity contribution >= 4 is 23.4 Å². The second-order valence-electron chi connectivity index (χ2n) is 16.1.